The number of anilines is 1. The SMILES string of the molecule is Cc1cc(C)c(NC(=O)CSc2nnc(Cc3cccs3)n2CCc2ccccc2)c(C)c1. The molecule has 4 rings (SSSR count). The zero-order chi connectivity index (χ0) is 23.2. The van der Waals surface area contributed by atoms with Crippen molar-refractivity contribution in [3.8, 4) is 0 Å². The first kappa shape index (κ1) is 23.3. The fraction of sp³-hybridized carbons (Fsp3) is 0.269. The Morgan fingerprint density at radius 1 is 1.03 bits per heavy atom. The van der Waals surface area contributed by atoms with E-state index in [0.29, 0.717) is 0 Å². The highest BCUT2D eigenvalue weighted by Gasteiger charge is 2.16. The normalized spacial score (nSPS) is 11.0. The van der Waals surface area contributed by atoms with Gasteiger partial charge in [-0.05, 0) is 55.3 Å². The third-order valence-corrected chi connectivity index (χ3v) is 7.29. The molecule has 0 aliphatic rings. The lowest BCUT2D eigenvalue weighted by atomic mass is 10.1. The zero-order valence-electron chi connectivity index (χ0n) is 19.2. The molecular formula is C26H28N4OS2. The van der Waals surface area contributed by atoms with Gasteiger partial charge in [-0.3, -0.25) is 4.79 Å². The highest BCUT2D eigenvalue weighted by molar-refractivity contribution is 7.99. The summed E-state index contributed by atoms with van der Waals surface area (Å²) in [5.41, 5.74) is 5.52. The van der Waals surface area contributed by atoms with Gasteiger partial charge >= 0.3 is 0 Å². The van der Waals surface area contributed by atoms with Gasteiger partial charge in [0.25, 0.3) is 0 Å². The topological polar surface area (TPSA) is 59.8 Å². The Hall–Kier alpha value is -2.90. The molecule has 4 aromatic rings. The molecule has 2 aromatic heterocycles. The van der Waals surface area contributed by atoms with Crippen LogP contribution in [0, 0.1) is 20.8 Å². The van der Waals surface area contributed by atoms with Gasteiger partial charge in [-0.25, -0.2) is 0 Å². The largest absolute Gasteiger partial charge is 0.325 e. The maximum Gasteiger partial charge on any atom is 0.234 e. The molecule has 7 heteroatoms. The van der Waals surface area contributed by atoms with Gasteiger partial charge in [0.05, 0.1) is 5.75 Å². The Morgan fingerprint density at radius 2 is 1.79 bits per heavy atom. The Morgan fingerprint density at radius 3 is 2.48 bits per heavy atom. The Labute approximate surface area is 203 Å². The number of amides is 1. The summed E-state index contributed by atoms with van der Waals surface area (Å²) in [7, 11) is 0. The van der Waals surface area contributed by atoms with Crippen molar-refractivity contribution in [3.63, 3.8) is 0 Å². The zero-order valence-corrected chi connectivity index (χ0v) is 20.8. The summed E-state index contributed by atoms with van der Waals surface area (Å²) in [6.45, 7) is 6.90. The van der Waals surface area contributed by atoms with Crippen LogP contribution in [0.1, 0.15) is 33.0 Å². The number of hydrogen-bond acceptors (Lipinski definition) is 5. The first-order chi connectivity index (χ1) is 16.0. The Kier molecular flexibility index (Phi) is 7.62. The smallest absolute Gasteiger partial charge is 0.234 e. The summed E-state index contributed by atoms with van der Waals surface area (Å²) in [5, 5.41) is 14.8. The van der Waals surface area contributed by atoms with E-state index in [9.17, 15) is 4.79 Å². The van der Waals surface area contributed by atoms with Crippen LogP contribution in [0.2, 0.25) is 0 Å². The van der Waals surface area contributed by atoms with E-state index in [4.69, 9.17) is 0 Å². The molecule has 33 heavy (non-hydrogen) atoms. The van der Waals surface area contributed by atoms with E-state index in [2.05, 4.69) is 80.9 Å². The van der Waals surface area contributed by atoms with Gasteiger partial charge in [0.1, 0.15) is 5.82 Å². The molecule has 2 aromatic carbocycles. The quantitative estimate of drug-likeness (QED) is 0.309. The van der Waals surface area contributed by atoms with Gasteiger partial charge in [-0.1, -0.05) is 65.9 Å². The van der Waals surface area contributed by atoms with Crippen molar-refractivity contribution in [1.82, 2.24) is 14.8 Å². The lowest BCUT2D eigenvalue weighted by molar-refractivity contribution is -0.113. The van der Waals surface area contributed by atoms with Crippen molar-refractivity contribution in [1.29, 1.82) is 0 Å². The van der Waals surface area contributed by atoms with Crippen molar-refractivity contribution >= 4 is 34.7 Å². The molecule has 170 valence electrons. The number of nitrogens with zero attached hydrogens (tertiary/aromatic N) is 3. The highest BCUT2D eigenvalue weighted by atomic mass is 32.2. The van der Waals surface area contributed by atoms with Gasteiger partial charge < -0.3 is 9.88 Å². The van der Waals surface area contributed by atoms with Crippen molar-refractivity contribution in [2.24, 2.45) is 0 Å². The van der Waals surface area contributed by atoms with E-state index < -0.39 is 0 Å². The molecule has 0 fully saturated rings. The van der Waals surface area contributed by atoms with Crippen molar-refractivity contribution in [2.75, 3.05) is 11.1 Å². The number of benzene rings is 2. The fourth-order valence-corrected chi connectivity index (χ4v) is 5.40. The van der Waals surface area contributed by atoms with E-state index in [0.717, 1.165) is 47.2 Å². The second kappa shape index (κ2) is 10.8. The summed E-state index contributed by atoms with van der Waals surface area (Å²) < 4.78 is 2.16. The summed E-state index contributed by atoms with van der Waals surface area (Å²) in [5.74, 6) is 1.18. The molecule has 2 heterocycles. The molecule has 0 spiro atoms. The fourth-order valence-electron chi connectivity index (χ4n) is 3.92. The third-order valence-electron chi connectivity index (χ3n) is 5.45. The Bertz CT molecular complexity index is 1190. The number of thiophene rings is 1. The number of rotatable bonds is 9. The van der Waals surface area contributed by atoms with Crippen LogP contribution >= 0.6 is 23.1 Å². The minimum absolute atomic E-state index is 0.0348. The van der Waals surface area contributed by atoms with E-state index in [-0.39, 0.29) is 11.7 Å². The van der Waals surface area contributed by atoms with E-state index in [1.54, 1.807) is 11.3 Å². The molecule has 0 unspecified atom stereocenters. The summed E-state index contributed by atoms with van der Waals surface area (Å²) in [4.78, 5) is 14.0. The second-order valence-electron chi connectivity index (χ2n) is 8.15. The van der Waals surface area contributed by atoms with E-state index in [1.807, 2.05) is 19.9 Å². The first-order valence-corrected chi connectivity index (χ1v) is 12.8. The van der Waals surface area contributed by atoms with Crippen LogP contribution in [-0.4, -0.2) is 26.4 Å². The van der Waals surface area contributed by atoms with Gasteiger partial charge in [0.2, 0.25) is 5.91 Å². The number of carbonyl (C=O) groups excluding carboxylic acids is 1. The summed E-state index contributed by atoms with van der Waals surface area (Å²) in [6, 6.07) is 18.8. The molecule has 0 saturated heterocycles. The first-order valence-electron chi connectivity index (χ1n) is 11.0. The Balaban J connectivity index is 1.47. The number of hydrogen-bond donors (Lipinski definition) is 1. The molecule has 0 aliphatic carbocycles. The number of thioether (sulfide) groups is 1. The minimum atomic E-state index is -0.0348. The van der Waals surface area contributed by atoms with Crippen LogP contribution in [0.25, 0.3) is 0 Å². The molecule has 5 nitrogen and oxygen atoms in total. The lowest BCUT2D eigenvalue weighted by Crippen LogP contribution is -2.16. The van der Waals surface area contributed by atoms with Crippen LogP contribution in [0.4, 0.5) is 5.69 Å². The third kappa shape index (κ3) is 6.12. The van der Waals surface area contributed by atoms with E-state index in [1.165, 1.54) is 27.8 Å². The van der Waals surface area contributed by atoms with Crippen LogP contribution in [0.3, 0.4) is 0 Å². The molecule has 0 bridgehead atoms. The van der Waals surface area contributed by atoms with Crippen molar-refractivity contribution < 1.29 is 4.79 Å². The number of aromatic nitrogens is 3. The monoisotopic (exact) mass is 476 g/mol. The molecule has 0 saturated carbocycles. The summed E-state index contributed by atoms with van der Waals surface area (Å²) >= 11 is 3.16. The average Bonchev–Trinajstić information content (AvgIpc) is 3.44. The summed E-state index contributed by atoms with van der Waals surface area (Å²) in [6.07, 6.45) is 1.63. The van der Waals surface area contributed by atoms with Crippen molar-refractivity contribution in [3.05, 3.63) is 92.9 Å². The minimum Gasteiger partial charge on any atom is -0.325 e. The average molecular weight is 477 g/mol. The molecule has 0 aliphatic heterocycles. The molecule has 1 N–H and O–H groups in total. The van der Waals surface area contributed by atoms with Crippen molar-refractivity contribution in [2.45, 2.75) is 45.3 Å². The van der Waals surface area contributed by atoms with Gasteiger partial charge in [0.15, 0.2) is 5.16 Å². The van der Waals surface area contributed by atoms with Gasteiger partial charge in [-0.2, -0.15) is 0 Å². The number of carbonyl (C=O) groups is 1. The maximum absolute atomic E-state index is 12.7. The number of nitrogens with one attached hydrogen (secondary N) is 1. The van der Waals surface area contributed by atoms with Crippen LogP contribution < -0.4 is 5.32 Å². The second-order valence-corrected chi connectivity index (χ2v) is 10.1. The van der Waals surface area contributed by atoms with Gasteiger partial charge in [0, 0.05) is 23.5 Å². The molecular weight excluding hydrogens is 448 g/mol. The maximum atomic E-state index is 12.7. The molecule has 1 amide bonds. The molecule has 0 atom stereocenters. The van der Waals surface area contributed by atoms with Crippen LogP contribution in [0.15, 0.2) is 65.1 Å². The predicted molar refractivity (Wildman–Crippen MR) is 137 cm³/mol. The standard InChI is InChI=1S/C26H28N4OS2/c1-18-14-19(2)25(20(3)15-18)27-24(31)17-33-26-29-28-23(16-22-10-7-13-32-22)30(26)12-11-21-8-5-4-6-9-21/h4-10,13-15H,11-12,16-17H2,1-3H3,(H,27,31). The van der Waals surface area contributed by atoms with Crippen LogP contribution in [-0.2, 0) is 24.2 Å². The predicted octanol–water partition coefficient (Wildman–Crippen LogP) is 5.83. The van der Waals surface area contributed by atoms with Crippen LogP contribution in [0.5, 0.6) is 0 Å². The van der Waals surface area contributed by atoms with Gasteiger partial charge in [-0.15, -0.1) is 21.5 Å². The highest BCUT2D eigenvalue weighted by Crippen LogP contribution is 2.24. The number of aryl methyl sites for hydroxylation is 4. The lowest BCUT2D eigenvalue weighted by Gasteiger charge is -2.13. The molecule has 0 radical (unpaired) electrons. The van der Waals surface area contributed by atoms with E-state index >= 15 is 0 Å².